The number of nitrogens with one attached hydrogen (secondary N) is 1. The van der Waals surface area contributed by atoms with Crippen molar-refractivity contribution in [3.63, 3.8) is 0 Å². The van der Waals surface area contributed by atoms with Crippen LogP contribution in [0.1, 0.15) is 30.4 Å². The van der Waals surface area contributed by atoms with Gasteiger partial charge >= 0.3 is 0 Å². The van der Waals surface area contributed by atoms with Crippen molar-refractivity contribution in [1.82, 2.24) is 5.43 Å². The van der Waals surface area contributed by atoms with Crippen molar-refractivity contribution in [2.24, 2.45) is 5.10 Å². The number of benzene rings is 1. The predicted octanol–water partition coefficient (Wildman–Crippen LogP) is 3.37. The van der Waals surface area contributed by atoms with Gasteiger partial charge in [-0.05, 0) is 36.2 Å². The van der Waals surface area contributed by atoms with E-state index in [4.69, 9.17) is 13.9 Å². The van der Waals surface area contributed by atoms with Gasteiger partial charge in [0.15, 0.2) is 11.5 Å². The summed E-state index contributed by atoms with van der Waals surface area (Å²) in [5, 5.41) is 4.17. The second-order valence-corrected chi connectivity index (χ2v) is 4.84. The lowest BCUT2D eigenvalue weighted by atomic mass is 10.2. The molecule has 5 nitrogen and oxygen atoms in total. The molecule has 1 aromatic heterocycles. The molecule has 0 aliphatic rings. The molecule has 1 N–H and O–H groups in total. The van der Waals surface area contributed by atoms with Gasteiger partial charge in [-0.25, -0.2) is 0 Å². The summed E-state index contributed by atoms with van der Waals surface area (Å²) in [5.74, 6) is 3.17. The molecule has 1 heterocycles. The van der Waals surface area contributed by atoms with Gasteiger partial charge in [0, 0.05) is 6.42 Å². The second kappa shape index (κ2) is 8.12. The van der Waals surface area contributed by atoms with Gasteiger partial charge in [0.25, 0.3) is 0 Å². The van der Waals surface area contributed by atoms with E-state index >= 15 is 0 Å². The van der Waals surface area contributed by atoms with Crippen molar-refractivity contribution in [1.29, 1.82) is 0 Å². The maximum Gasteiger partial charge on any atom is 0.161 e. The van der Waals surface area contributed by atoms with Gasteiger partial charge in [-0.1, -0.05) is 13.0 Å². The number of hydrogen-bond donors (Lipinski definition) is 1. The predicted molar refractivity (Wildman–Crippen MR) is 86.7 cm³/mol. The maximum absolute atomic E-state index is 5.62. The molecule has 0 saturated heterocycles. The molecule has 1 aromatic carbocycles. The summed E-state index contributed by atoms with van der Waals surface area (Å²) in [6, 6.07) is 9.68. The maximum atomic E-state index is 5.62. The first-order valence-corrected chi connectivity index (χ1v) is 7.32. The molecule has 0 radical (unpaired) electrons. The highest BCUT2D eigenvalue weighted by atomic mass is 16.5. The Hall–Kier alpha value is -2.43. The molecule has 0 aliphatic heterocycles. The smallest absolute Gasteiger partial charge is 0.161 e. The van der Waals surface area contributed by atoms with Gasteiger partial charge in [-0.3, -0.25) is 0 Å². The lowest BCUT2D eigenvalue weighted by molar-refractivity contribution is 0.354. The first-order chi connectivity index (χ1) is 10.8. The third kappa shape index (κ3) is 4.28. The van der Waals surface area contributed by atoms with Crippen LogP contribution < -0.4 is 14.9 Å². The third-order valence-corrected chi connectivity index (χ3v) is 3.19. The number of furan rings is 1. The van der Waals surface area contributed by atoms with Crippen LogP contribution >= 0.6 is 0 Å². The Morgan fingerprint density at radius 1 is 1.14 bits per heavy atom. The summed E-state index contributed by atoms with van der Waals surface area (Å²) in [4.78, 5) is 0. The Morgan fingerprint density at radius 2 is 1.95 bits per heavy atom. The summed E-state index contributed by atoms with van der Waals surface area (Å²) in [6.45, 7) is 2.72. The number of aryl methyl sites for hydroxylation is 1. The number of hydrogen-bond acceptors (Lipinski definition) is 5. The fraction of sp³-hybridized carbons (Fsp3) is 0.353. The topological polar surface area (TPSA) is 56.0 Å². The molecule has 0 aliphatic carbocycles. The second-order valence-electron chi connectivity index (χ2n) is 4.84. The third-order valence-electron chi connectivity index (χ3n) is 3.19. The van der Waals surface area contributed by atoms with E-state index < -0.39 is 0 Å². The van der Waals surface area contributed by atoms with Gasteiger partial charge in [0.1, 0.15) is 11.5 Å². The normalized spacial score (nSPS) is 10.9. The van der Waals surface area contributed by atoms with Crippen molar-refractivity contribution < 1.29 is 13.9 Å². The zero-order valence-corrected chi connectivity index (χ0v) is 13.3. The molecule has 0 bridgehead atoms. The van der Waals surface area contributed by atoms with E-state index in [2.05, 4.69) is 17.5 Å². The summed E-state index contributed by atoms with van der Waals surface area (Å²) in [7, 11) is 3.24. The lowest BCUT2D eigenvalue weighted by Gasteiger charge is -2.09. The van der Waals surface area contributed by atoms with Gasteiger partial charge in [-0.15, -0.1) is 0 Å². The SMILES string of the molecule is CCCc1ccc(/C=N\NCc2ccc(OC)c(OC)c2)o1. The minimum atomic E-state index is 0.597. The van der Waals surface area contributed by atoms with Crippen molar-refractivity contribution in [2.75, 3.05) is 14.2 Å². The molecule has 0 amide bonds. The average Bonchev–Trinajstić information content (AvgIpc) is 2.99. The van der Waals surface area contributed by atoms with Crippen LogP contribution in [0, 0.1) is 0 Å². The molecule has 0 saturated carbocycles. The largest absolute Gasteiger partial charge is 0.493 e. The summed E-state index contributed by atoms with van der Waals surface area (Å²) >= 11 is 0. The van der Waals surface area contributed by atoms with Crippen LogP contribution in [-0.4, -0.2) is 20.4 Å². The van der Waals surface area contributed by atoms with Crippen LogP contribution in [0.2, 0.25) is 0 Å². The van der Waals surface area contributed by atoms with Crippen molar-refractivity contribution in [3.8, 4) is 11.5 Å². The molecule has 0 spiro atoms. The number of hydrazone groups is 1. The quantitative estimate of drug-likeness (QED) is 0.600. The van der Waals surface area contributed by atoms with Crippen LogP contribution in [0.5, 0.6) is 11.5 Å². The van der Waals surface area contributed by atoms with Gasteiger partial charge in [0.2, 0.25) is 0 Å². The first kappa shape index (κ1) is 15.9. The molecule has 0 unspecified atom stereocenters. The van der Waals surface area contributed by atoms with Crippen LogP contribution in [0.4, 0.5) is 0 Å². The molecule has 5 heteroatoms. The first-order valence-electron chi connectivity index (χ1n) is 7.32. The highest BCUT2D eigenvalue weighted by Gasteiger charge is 2.04. The van der Waals surface area contributed by atoms with E-state index in [1.165, 1.54) is 0 Å². The monoisotopic (exact) mass is 302 g/mol. The summed E-state index contributed by atoms with van der Waals surface area (Å²) in [6.07, 6.45) is 3.70. The molecule has 22 heavy (non-hydrogen) atoms. The van der Waals surface area contributed by atoms with E-state index in [9.17, 15) is 0 Å². The number of methoxy groups -OCH3 is 2. The van der Waals surface area contributed by atoms with E-state index in [1.807, 2.05) is 30.3 Å². The molecule has 0 atom stereocenters. The zero-order valence-electron chi connectivity index (χ0n) is 13.3. The average molecular weight is 302 g/mol. The molecular formula is C17H22N2O3. The molecule has 2 rings (SSSR count). The minimum absolute atomic E-state index is 0.597. The van der Waals surface area contributed by atoms with Gasteiger partial charge in [0.05, 0.1) is 27.0 Å². The fourth-order valence-corrected chi connectivity index (χ4v) is 2.08. The summed E-state index contributed by atoms with van der Waals surface area (Å²) < 4.78 is 16.1. The molecule has 0 fully saturated rings. The molecular weight excluding hydrogens is 280 g/mol. The van der Waals surface area contributed by atoms with Gasteiger partial charge in [-0.2, -0.15) is 5.10 Å². The Balaban J connectivity index is 1.88. The molecule has 2 aromatic rings. The van der Waals surface area contributed by atoms with Crippen LogP contribution in [0.25, 0.3) is 0 Å². The molecule has 118 valence electrons. The van der Waals surface area contributed by atoms with E-state index in [0.717, 1.165) is 29.9 Å². The van der Waals surface area contributed by atoms with Gasteiger partial charge < -0.3 is 19.3 Å². The van der Waals surface area contributed by atoms with Crippen molar-refractivity contribution in [2.45, 2.75) is 26.3 Å². The Bertz CT molecular complexity index is 620. The van der Waals surface area contributed by atoms with Crippen molar-refractivity contribution >= 4 is 6.21 Å². The Kier molecular flexibility index (Phi) is 5.89. The fourth-order valence-electron chi connectivity index (χ4n) is 2.08. The van der Waals surface area contributed by atoms with E-state index in [0.29, 0.717) is 18.0 Å². The van der Waals surface area contributed by atoms with E-state index in [1.54, 1.807) is 20.4 Å². The summed E-state index contributed by atoms with van der Waals surface area (Å²) in [5.41, 5.74) is 4.05. The van der Waals surface area contributed by atoms with Crippen molar-refractivity contribution in [3.05, 3.63) is 47.4 Å². The zero-order chi connectivity index (χ0) is 15.8. The highest BCUT2D eigenvalue weighted by Crippen LogP contribution is 2.27. The lowest BCUT2D eigenvalue weighted by Crippen LogP contribution is -2.05. The van der Waals surface area contributed by atoms with Crippen LogP contribution in [0.15, 0.2) is 39.9 Å². The number of ether oxygens (including phenoxy) is 2. The standard InChI is InChI=1S/C17H22N2O3/c1-4-5-14-7-8-15(22-14)12-19-18-11-13-6-9-16(20-2)17(10-13)21-3/h6-10,12,18H,4-5,11H2,1-3H3/b19-12-. The van der Waals surface area contributed by atoms with Crippen LogP contribution in [-0.2, 0) is 13.0 Å². The Morgan fingerprint density at radius 3 is 2.68 bits per heavy atom. The minimum Gasteiger partial charge on any atom is -0.493 e. The van der Waals surface area contributed by atoms with E-state index in [-0.39, 0.29) is 0 Å². The number of rotatable bonds is 8. The number of nitrogens with zero attached hydrogens (tertiary/aromatic N) is 1. The van der Waals surface area contributed by atoms with Crippen LogP contribution in [0.3, 0.4) is 0 Å². The Labute approximate surface area is 130 Å². The highest BCUT2D eigenvalue weighted by molar-refractivity contribution is 5.75.